The summed E-state index contributed by atoms with van der Waals surface area (Å²) in [7, 11) is 0. The highest BCUT2D eigenvalue weighted by molar-refractivity contribution is 6.28. The number of benzene rings is 4. The molecule has 0 unspecified atom stereocenters. The first-order valence-electron chi connectivity index (χ1n) is 12.5. The Bertz CT molecular complexity index is 2140. The van der Waals surface area contributed by atoms with Gasteiger partial charge < -0.3 is 8.82 Å². The minimum atomic E-state index is 0.0786. The van der Waals surface area contributed by atoms with Gasteiger partial charge in [0.05, 0.1) is 22.2 Å². The minimum Gasteiger partial charge on any atom is -0.454 e. The van der Waals surface area contributed by atoms with E-state index < -0.39 is 0 Å². The molecule has 0 saturated heterocycles. The summed E-state index contributed by atoms with van der Waals surface area (Å²) in [5.74, 6) is 0. The average Bonchev–Trinajstić information content (AvgIpc) is 3.54. The van der Waals surface area contributed by atoms with E-state index in [1.807, 2.05) is 12.3 Å². The van der Waals surface area contributed by atoms with Crippen LogP contribution in [0.3, 0.4) is 0 Å². The van der Waals surface area contributed by atoms with Gasteiger partial charge >= 0.3 is 0 Å². The van der Waals surface area contributed by atoms with Gasteiger partial charge in [-0.05, 0) is 47.4 Å². The third-order valence-electron chi connectivity index (χ3n) is 7.74. The molecular formula is C33H24N2O. The van der Waals surface area contributed by atoms with E-state index in [0.29, 0.717) is 0 Å². The second kappa shape index (κ2) is 6.64. The highest BCUT2D eigenvalue weighted by Gasteiger charge is 2.22. The van der Waals surface area contributed by atoms with Crippen LogP contribution in [0, 0.1) is 0 Å². The van der Waals surface area contributed by atoms with Gasteiger partial charge in [0, 0.05) is 44.1 Å². The van der Waals surface area contributed by atoms with Gasteiger partial charge in [-0.2, -0.15) is 0 Å². The Labute approximate surface area is 207 Å². The third-order valence-corrected chi connectivity index (χ3v) is 7.74. The van der Waals surface area contributed by atoms with Crippen LogP contribution in [0.2, 0.25) is 0 Å². The van der Waals surface area contributed by atoms with Gasteiger partial charge in [0.15, 0.2) is 5.58 Å². The summed E-state index contributed by atoms with van der Waals surface area (Å²) in [5.41, 5.74) is 8.99. The monoisotopic (exact) mass is 464 g/mol. The predicted octanol–water partition coefficient (Wildman–Crippen LogP) is 9.10. The molecule has 0 saturated carbocycles. The van der Waals surface area contributed by atoms with Crippen LogP contribution in [0.4, 0.5) is 0 Å². The largest absolute Gasteiger partial charge is 0.454 e. The Kier molecular flexibility index (Phi) is 3.67. The van der Waals surface area contributed by atoms with E-state index >= 15 is 0 Å². The summed E-state index contributed by atoms with van der Waals surface area (Å²) in [6.45, 7) is 6.73. The molecule has 172 valence electrons. The van der Waals surface area contributed by atoms with Crippen LogP contribution in [0.1, 0.15) is 26.3 Å². The maximum Gasteiger partial charge on any atom is 0.160 e. The lowest BCUT2D eigenvalue weighted by molar-refractivity contribution is 0.589. The lowest BCUT2D eigenvalue weighted by Gasteiger charge is -2.19. The molecular weight excluding hydrogens is 440 g/mol. The van der Waals surface area contributed by atoms with Gasteiger partial charge in [0.25, 0.3) is 0 Å². The summed E-state index contributed by atoms with van der Waals surface area (Å²) >= 11 is 0. The lowest BCUT2D eigenvalue weighted by Crippen LogP contribution is -2.11. The molecule has 8 aromatic rings. The van der Waals surface area contributed by atoms with E-state index in [1.165, 1.54) is 38.1 Å². The van der Waals surface area contributed by atoms with E-state index in [9.17, 15) is 0 Å². The Morgan fingerprint density at radius 1 is 0.667 bits per heavy atom. The van der Waals surface area contributed by atoms with Crippen LogP contribution in [-0.2, 0) is 5.41 Å². The Hall–Kier alpha value is -4.37. The molecule has 0 spiro atoms. The molecule has 8 rings (SSSR count). The summed E-state index contributed by atoms with van der Waals surface area (Å²) in [6, 6.07) is 30.5. The maximum absolute atomic E-state index is 6.48. The zero-order valence-electron chi connectivity index (χ0n) is 20.5. The van der Waals surface area contributed by atoms with Crippen molar-refractivity contribution in [1.29, 1.82) is 0 Å². The molecule has 0 radical (unpaired) electrons. The molecule has 4 aromatic carbocycles. The molecule has 4 heterocycles. The molecule has 0 aliphatic heterocycles. The molecule has 0 atom stereocenters. The van der Waals surface area contributed by atoms with Gasteiger partial charge in [-0.15, -0.1) is 0 Å². The molecule has 0 N–H and O–H groups in total. The maximum atomic E-state index is 6.48. The number of furan rings is 1. The van der Waals surface area contributed by atoms with Crippen molar-refractivity contribution < 1.29 is 4.42 Å². The summed E-state index contributed by atoms with van der Waals surface area (Å²) in [6.07, 6.45) is 1.93. The number of rotatable bonds is 1. The van der Waals surface area contributed by atoms with E-state index in [4.69, 9.17) is 9.40 Å². The topological polar surface area (TPSA) is 30.4 Å². The number of hydrogen-bond acceptors (Lipinski definition) is 2. The van der Waals surface area contributed by atoms with Gasteiger partial charge in [-0.1, -0.05) is 69.3 Å². The molecule has 3 heteroatoms. The van der Waals surface area contributed by atoms with Crippen molar-refractivity contribution in [3.63, 3.8) is 0 Å². The van der Waals surface area contributed by atoms with Crippen LogP contribution in [-0.4, -0.2) is 9.38 Å². The van der Waals surface area contributed by atoms with Crippen LogP contribution < -0.4 is 0 Å². The second-order valence-corrected chi connectivity index (χ2v) is 10.9. The lowest BCUT2D eigenvalue weighted by atomic mass is 9.87. The Morgan fingerprint density at radius 2 is 1.42 bits per heavy atom. The predicted molar refractivity (Wildman–Crippen MR) is 150 cm³/mol. The zero-order valence-corrected chi connectivity index (χ0v) is 20.5. The van der Waals surface area contributed by atoms with Crippen molar-refractivity contribution in [3.05, 3.63) is 96.7 Å². The van der Waals surface area contributed by atoms with Crippen LogP contribution in [0.5, 0.6) is 0 Å². The fraction of sp³-hybridized carbons (Fsp3) is 0.121. The fourth-order valence-electron chi connectivity index (χ4n) is 5.95. The van der Waals surface area contributed by atoms with Crippen LogP contribution >= 0.6 is 0 Å². The molecule has 0 aliphatic carbocycles. The standard InChI is InChI=1S/C33H24N2O/c1-33(2,3)20-15-16-34-27(18-20)19-11-14-28-26(17-19)23-9-6-8-22-24-12-13-25-21-7-4-5-10-29(21)36-32(25)31(24)35(28)30(22)23/h4-18H,1-3H3. The first-order valence-corrected chi connectivity index (χ1v) is 12.5. The van der Waals surface area contributed by atoms with Gasteiger partial charge in [0.1, 0.15) is 5.58 Å². The number of aromatic nitrogens is 2. The quantitative estimate of drug-likeness (QED) is 0.242. The number of pyridine rings is 1. The second-order valence-electron chi connectivity index (χ2n) is 10.9. The minimum absolute atomic E-state index is 0.0786. The number of nitrogens with zero attached hydrogens (tertiary/aromatic N) is 2. The van der Waals surface area contributed by atoms with E-state index in [0.717, 1.165) is 38.7 Å². The summed E-state index contributed by atoms with van der Waals surface area (Å²) < 4.78 is 8.89. The van der Waals surface area contributed by atoms with Crippen molar-refractivity contribution in [1.82, 2.24) is 9.38 Å². The molecule has 3 nitrogen and oxygen atoms in total. The number of fused-ring (bicyclic) bond motifs is 10. The average molecular weight is 465 g/mol. The highest BCUT2D eigenvalue weighted by Crippen LogP contribution is 2.44. The molecule has 4 aromatic heterocycles. The van der Waals surface area contributed by atoms with E-state index in [-0.39, 0.29) is 5.41 Å². The molecule has 0 aliphatic rings. The summed E-state index contributed by atoms with van der Waals surface area (Å²) in [5, 5.41) is 7.31. The fourth-order valence-corrected chi connectivity index (χ4v) is 5.95. The number of hydrogen-bond donors (Lipinski definition) is 0. The van der Waals surface area contributed by atoms with E-state index in [1.54, 1.807) is 0 Å². The Balaban J connectivity index is 1.49. The molecule has 0 fully saturated rings. The third kappa shape index (κ3) is 2.50. The highest BCUT2D eigenvalue weighted by atomic mass is 16.3. The van der Waals surface area contributed by atoms with Crippen molar-refractivity contribution in [2.75, 3.05) is 0 Å². The van der Waals surface area contributed by atoms with E-state index in [2.05, 4.69) is 104 Å². The van der Waals surface area contributed by atoms with Crippen molar-refractivity contribution in [2.45, 2.75) is 26.2 Å². The number of para-hydroxylation sites is 2. The smallest absolute Gasteiger partial charge is 0.160 e. The zero-order chi connectivity index (χ0) is 24.2. The van der Waals surface area contributed by atoms with Crippen molar-refractivity contribution in [3.8, 4) is 11.3 Å². The Morgan fingerprint density at radius 3 is 2.28 bits per heavy atom. The van der Waals surface area contributed by atoms with Gasteiger partial charge in [-0.3, -0.25) is 4.98 Å². The van der Waals surface area contributed by atoms with Gasteiger partial charge in [0.2, 0.25) is 0 Å². The molecule has 0 amide bonds. The first kappa shape index (κ1) is 19.9. The SMILES string of the molecule is CC(C)(C)c1ccnc(-c2ccc3c(c2)c2cccc4c5ccc6c7ccccc7oc6c5n3c24)c1. The molecule has 0 bridgehead atoms. The van der Waals surface area contributed by atoms with Crippen LogP contribution in [0.15, 0.2) is 95.5 Å². The first-order chi connectivity index (χ1) is 17.5. The van der Waals surface area contributed by atoms with Crippen molar-refractivity contribution >= 4 is 60.0 Å². The van der Waals surface area contributed by atoms with Crippen molar-refractivity contribution in [2.24, 2.45) is 0 Å². The normalized spacial score (nSPS) is 12.9. The summed E-state index contributed by atoms with van der Waals surface area (Å²) in [4.78, 5) is 4.73. The molecule has 36 heavy (non-hydrogen) atoms. The van der Waals surface area contributed by atoms with Gasteiger partial charge in [-0.25, -0.2) is 0 Å². The van der Waals surface area contributed by atoms with Crippen LogP contribution in [0.25, 0.3) is 71.3 Å².